The molecule has 0 aromatic heterocycles. The largest absolute Gasteiger partial charge is 0.387 e. The second-order valence-corrected chi connectivity index (χ2v) is 5.27. The van der Waals surface area contributed by atoms with Crippen LogP contribution in [0.5, 0.6) is 0 Å². The molecule has 2 aliphatic carbocycles. The Hall–Kier alpha value is -0.410. The van der Waals surface area contributed by atoms with E-state index in [0.29, 0.717) is 6.42 Å². The average molecular weight is 184 g/mol. The summed E-state index contributed by atoms with van der Waals surface area (Å²) in [6.45, 7) is 5.59. The van der Waals surface area contributed by atoms with Gasteiger partial charge < -0.3 is 10.2 Å². The zero-order valence-corrected chi connectivity index (χ0v) is 8.24. The minimum atomic E-state index is -1.22. The van der Waals surface area contributed by atoms with Gasteiger partial charge >= 0.3 is 0 Å². The number of fused-ring (bicyclic) bond motifs is 1. The van der Waals surface area contributed by atoms with Crippen molar-refractivity contribution in [1.82, 2.24) is 0 Å². The van der Waals surface area contributed by atoms with Gasteiger partial charge in [0.05, 0.1) is 5.60 Å². The molecule has 0 aromatic rings. The number of aliphatic hydroxyl groups excluding tert-OH is 1. The van der Waals surface area contributed by atoms with Crippen molar-refractivity contribution in [3.63, 3.8) is 0 Å². The zero-order valence-electron chi connectivity index (χ0n) is 8.24. The smallest absolute Gasteiger partial charge is 0.168 e. The molecule has 2 fully saturated rings. The van der Waals surface area contributed by atoms with Gasteiger partial charge in [0.15, 0.2) is 5.78 Å². The number of Topliss-reactive ketones (excluding diaryl/α,β-unsaturated/α-hetero) is 1. The molecule has 2 aliphatic rings. The lowest BCUT2D eigenvalue weighted by Crippen LogP contribution is -2.48. The van der Waals surface area contributed by atoms with Crippen LogP contribution in [0.15, 0.2) is 0 Å². The second kappa shape index (κ2) is 2.15. The number of hydrogen-bond acceptors (Lipinski definition) is 3. The molecule has 3 heteroatoms. The Kier molecular flexibility index (Phi) is 1.51. The highest BCUT2D eigenvalue weighted by Gasteiger charge is 2.68. The van der Waals surface area contributed by atoms with Crippen molar-refractivity contribution in [1.29, 1.82) is 0 Å². The fourth-order valence-electron chi connectivity index (χ4n) is 2.72. The first kappa shape index (κ1) is 9.16. The lowest BCUT2D eigenvalue weighted by atomic mass is 9.83. The van der Waals surface area contributed by atoms with Gasteiger partial charge in [0.1, 0.15) is 6.10 Å². The molecule has 0 aliphatic heterocycles. The Morgan fingerprint density at radius 2 is 1.92 bits per heavy atom. The summed E-state index contributed by atoms with van der Waals surface area (Å²) in [5.74, 6) is 0.0624. The van der Waals surface area contributed by atoms with Gasteiger partial charge in [0.2, 0.25) is 0 Å². The van der Waals surface area contributed by atoms with Crippen LogP contribution in [0.4, 0.5) is 0 Å². The summed E-state index contributed by atoms with van der Waals surface area (Å²) in [7, 11) is 0. The minimum absolute atomic E-state index is 0.0153. The van der Waals surface area contributed by atoms with Gasteiger partial charge in [-0.25, -0.2) is 0 Å². The fourth-order valence-corrected chi connectivity index (χ4v) is 2.72. The van der Waals surface area contributed by atoms with Crippen molar-refractivity contribution in [2.75, 3.05) is 0 Å². The topological polar surface area (TPSA) is 57.5 Å². The Morgan fingerprint density at radius 3 is 2.46 bits per heavy atom. The summed E-state index contributed by atoms with van der Waals surface area (Å²) in [6.07, 6.45) is -0.645. The highest BCUT2D eigenvalue weighted by atomic mass is 16.3. The number of hydrogen-bond donors (Lipinski definition) is 2. The van der Waals surface area contributed by atoms with Crippen LogP contribution in [-0.2, 0) is 4.79 Å². The molecule has 0 radical (unpaired) electrons. The van der Waals surface area contributed by atoms with Crippen LogP contribution in [0.25, 0.3) is 0 Å². The third-order valence-corrected chi connectivity index (χ3v) is 3.85. The molecule has 0 aromatic carbocycles. The standard InChI is InChI=1S/C10H16O3/c1-9(2)5-4-10(3,13)8(12)7(11)6(5)9/h5-6,8,12-13H,4H2,1-3H3. The Balaban J connectivity index is 2.28. The van der Waals surface area contributed by atoms with Crippen LogP contribution in [-0.4, -0.2) is 27.7 Å². The number of aliphatic hydroxyl groups is 2. The monoisotopic (exact) mass is 184 g/mol. The van der Waals surface area contributed by atoms with Gasteiger partial charge in [-0.2, -0.15) is 0 Å². The predicted octanol–water partition coefficient (Wildman–Crippen LogP) is 0.343. The molecule has 13 heavy (non-hydrogen) atoms. The molecule has 2 saturated carbocycles. The average Bonchev–Trinajstić information content (AvgIpc) is 2.48. The van der Waals surface area contributed by atoms with Crippen molar-refractivity contribution in [2.24, 2.45) is 17.3 Å². The Bertz CT molecular complexity index is 263. The summed E-state index contributed by atoms with van der Waals surface area (Å²) >= 11 is 0. The SMILES string of the molecule is CC1(O)CC2C(C(=O)C1O)C2(C)C. The van der Waals surface area contributed by atoms with Gasteiger partial charge in [-0.05, 0) is 24.7 Å². The third-order valence-electron chi connectivity index (χ3n) is 3.85. The van der Waals surface area contributed by atoms with Gasteiger partial charge in [0, 0.05) is 5.92 Å². The van der Waals surface area contributed by atoms with E-state index in [1.54, 1.807) is 6.92 Å². The second-order valence-electron chi connectivity index (χ2n) is 5.27. The van der Waals surface area contributed by atoms with E-state index >= 15 is 0 Å². The summed E-state index contributed by atoms with van der Waals surface area (Å²) in [5, 5.41) is 19.3. The van der Waals surface area contributed by atoms with Crippen molar-refractivity contribution < 1.29 is 15.0 Å². The molecule has 0 amide bonds. The zero-order chi connectivity index (χ0) is 10.0. The molecule has 0 heterocycles. The van der Waals surface area contributed by atoms with Gasteiger partial charge in [0.25, 0.3) is 0 Å². The third kappa shape index (κ3) is 1.00. The minimum Gasteiger partial charge on any atom is -0.387 e. The van der Waals surface area contributed by atoms with E-state index in [9.17, 15) is 15.0 Å². The first-order valence-electron chi connectivity index (χ1n) is 4.72. The number of rotatable bonds is 0. The lowest BCUT2D eigenvalue weighted by Gasteiger charge is -2.31. The van der Waals surface area contributed by atoms with Crippen LogP contribution < -0.4 is 0 Å². The van der Waals surface area contributed by atoms with Crippen LogP contribution in [0.2, 0.25) is 0 Å². The van der Waals surface area contributed by atoms with Crippen LogP contribution in [0, 0.1) is 17.3 Å². The van der Waals surface area contributed by atoms with Crippen LogP contribution in [0.1, 0.15) is 27.2 Å². The molecule has 3 nitrogen and oxygen atoms in total. The van der Waals surface area contributed by atoms with Crippen LogP contribution >= 0.6 is 0 Å². The maximum Gasteiger partial charge on any atom is 0.168 e. The molecule has 4 unspecified atom stereocenters. The summed E-state index contributed by atoms with van der Waals surface area (Å²) in [4.78, 5) is 11.6. The van der Waals surface area contributed by atoms with E-state index in [0.717, 1.165) is 0 Å². The maximum absolute atomic E-state index is 11.6. The maximum atomic E-state index is 11.6. The van der Waals surface area contributed by atoms with E-state index in [1.807, 2.05) is 13.8 Å². The van der Waals surface area contributed by atoms with Gasteiger partial charge in [-0.3, -0.25) is 4.79 Å². The van der Waals surface area contributed by atoms with Crippen molar-refractivity contribution in [3.8, 4) is 0 Å². The van der Waals surface area contributed by atoms with Crippen molar-refractivity contribution in [2.45, 2.75) is 38.9 Å². The first-order chi connectivity index (χ1) is 5.78. The van der Waals surface area contributed by atoms with Gasteiger partial charge in [-0.15, -0.1) is 0 Å². The normalized spacial score (nSPS) is 53.0. The van der Waals surface area contributed by atoms with E-state index in [4.69, 9.17) is 0 Å². The number of ketones is 1. The molecular weight excluding hydrogens is 168 g/mol. The van der Waals surface area contributed by atoms with E-state index < -0.39 is 11.7 Å². The summed E-state index contributed by atoms with van der Waals surface area (Å²) in [5.41, 5.74) is -1.23. The molecule has 0 bridgehead atoms. The molecule has 0 saturated heterocycles. The predicted molar refractivity (Wildman–Crippen MR) is 47.0 cm³/mol. The molecular formula is C10H16O3. The fraction of sp³-hybridized carbons (Fsp3) is 0.900. The van der Waals surface area contributed by atoms with Crippen molar-refractivity contribution >= 4 is 5.78 Å². The number of carbonyl (C=O) groups is 1. The van der Waals surface area contributed by atoms with E-state index in [2.05, 4.69) is 0 Å². The first-order valence-corrected chi connectivity index (χ1v) is 4.72. The Labute approximate surface area is 77.8 Å². The molecule has 0 spiro atoms. The highest BCUT2D eigenvalue weighted by Crippen LogP contribution is 2.64. The summed E-state index contributed by atoms with van der Waals surface area (Å²) in [6, 6.07) is 0. The van der Waals surface area contributed by atoms with Gasteiger partial charge in [-0.1, -0.05) is 13.8 Å². The quantitative estimate of drug-likeness (QED) is 0.571. The van der Waals surface area contributed by atoms with Crippen LogP contribution in [0.3, 0.4) is 0 Å². The molecule has 2 rings (SSSR count). The molecule has 4 atom stereocenters. The van der Waals surface area contributed by atoms with E-state index in [1.165, 1.54) is 0 Å². The lowest BCUT2D eigenvalue weighted by molar-refractivity contribution is -0.149. The molecule has 2 N–H and O–H groups in total. The summed E-state index contributed by atoms with van der Waals surface area (Å²) < 4.78 is 0. The molecule has 74 valence electrons. The highest BCUT2D eigenvalue weighted by molar-refractivity contribution is 5.91. The van der Waals surface area contributed by atoms with E-state index in [-0.39, 0.29) is 23.0 Å². The number of carbonyl (C=O) groups excluding carboxylic acids is 1. The Morgan fingerprint density at radius 1 is 1.38 bits per heavy atom. The van der Waals surface area contributed by atoms with Crippen molar-refractivity contribution in [3.05, 3.63) is 0 Å².